The number of carbonyl (C=O) groups is 4. The maximum atomic E-state index is 13.5. The molecule has 0 radical (unpaired) electrons. The Kier molecular flexibility index (Phi) is 11.5. The van der Waals surface area contributed by atoms with Crippen molar-refractivity contribution in [1.82, 2.24) is 10.6 Å². The zero-order valence-corrected chi connectivity index (χ0v) is 24.3. The third-order valence-corrected chi connectivity index (χ3v) is 7.97. The second-order valence-electron chi connectivity index (χ2n) is 10.5. The highest BCUT2D eigenvalue weighted by Crippen LogP contribution is 2.50. The fourth-order valence-electron chi connectivity index (χ4n) is 5.92. The van der Waals surface area contributed by atoms with Gasteiger partial charge in [0.05, 0.1) is 18.2 Å². The van der Waals surface area contributed by atoms with Crippen LogP contribution in [0.1, 0.15) is 61.4 Å². The van der Waals surface area contributed by atoms with Gasteiger partial charge in [-0.15, -0.1) is 24.8 Å². The summed E-state index contributed by atoms with van der Waals surface area (Å²) in [6.45, 7) is 2.45. The average molecular weight is 615 g/mol. The molecule has 0 fully saturated rings. The highest BCUT2D eigenvalue weighted by Gasteiger charge is 2.62. The van der Waals surface area contributed by atoms with Crippen molar-refractivity contribution in [3.8, 4) is 5.75 Å². The number of hydrogen-bond donors (Lipinski definition) is 7. The number of aromatic hydroxyl groups is 1. The molecule has 1 aromatic rings. The first-order chi connectivity index (χ1) is 18.5. The van der Waals surface area contributed by atoms with Gasteiger partial charge in [-0.25, -0.2) is 0 Å². The molecular weight excluding hydrogens is 577 g/mol. The predicted molar refractivity (Wildman–Crippen MR) is 154 cm³/mol. The number of aliphatic hydroxyl groups is 3. The number of halogens is 2. The number of benzene rings is 1. The van der Waals surface area contributed by atoms with Gasteiger partial charge in [-0.05, 0) is 43.4 Å². The second-order valence-corrected chi connectivity index (χ2v) is 10.5. The third-order valence-electron chi connectivity index (χ3n) is 7.97. The summed E-state index contributed by atoms with van der Waals surface area (Å²) >= 11 is 0. The summed E-state index contributed by atoms with van der Waals surface area (Å²) in [4.78, 5) is 52.0. The number of aliphatic hydroxyl groups excluding tert-OH is 2. The lowest BCUT2D eigenvalue weighted by molar-refractivity contribution is -0.146. The number of allylic oxidation sites excluding steroid dienone is 1. The van der Waals surface area contributed by atoms with Gasteiger partial charge < -0.3 is 31.5 Å². The number of phenols is 1. The predicted octanol–water partition coefficient (Wildman–Crippen LogP) is 2.08. The van der Waals surface area contributed by atoms with E-state index in [-0.39, 0.29) is 61.1 Å². The molecule has 0 saturated carbocycles. The van der Waals surface area contributed by atoms with Crippen LogP contribution in [0.4, 0.5) is 0 Å². The molecule has 0 heterocycles. The van der Waals surface area contributed by atoms with E-state index < -0.39 is 64.0 Å². The first-order valence-corrected chi connectivity index (χ1v) is 13.3. The normalized spacial score (nSPS) is 24.9. The van der Waals surface area contributed by atoms with Crippen LogP contribution in [0.2, 0.25) is 0 Å². The number of unbranched alkanes of at least 4 members (excludes halogenated alkanes) is 4. The summed E-state index contributed by atoms with van der Waals surface area (Å²) in [5, 5.41) is 48.6. The van der Waals surface area contributed by atoms with Crippen LogP contribution >= 0.6 is 24.8 Å². The van der Waals surface area contributed by atoms with Crippen molar-refractivity contribution in [2.45, 2.75) is 63.5 Å². The Morgan fingerprint density at radius 2 is 1.76 bits per heavy atom. The van der Waals surface area contributed by atoms with E-state index >= 15 is 0 Å². The summed E-state index contributed by atoms with van der Waals surface area (Å²) in [6.07, 6.45) is 5.36. The lowest BCUT2D eigenvalue weighted by Gasteiger charge is -2.47. The van der Waals surface area contributed by atoms with Gasteiger partial charge in [0, 0.05) is 11.5 Å². The summed E-state index contributed by atoms with van der Waals surface area (Å²) < 4.78 is 0. The monoisotopic (exact) mass is 613 g/mol. The summed E-state index contributed by atoms with van der Waals surface area (Å²) in [6, 6.07) is 3.12. The van der Waals surface area contributed by atoms with Crippen molar-refractivity contribution in [2.24, 2.45) is 17.6 Å². The average Bonchev–Trinajstić information content (AvgIpc) is 2.88. The summed E-state index contributed by atoms with van der Waals surface area (Å²) in [7, 11) is 0. The van der Waals surface area contributed by atoms with Crippen LogP contribution in [-0.4, -0.2) is 68.5 Å². The minimum Gasteiger partial charge on any atom is -0.510 e. The number of nitrogens with one attached hydrogen (secondary N) is 2. The van der Waals surface area contributed by atoms with Crippen molar-refractivity contribution in [3.63, 3.8) is 0 Å². The molecule has 4 atom stereocenters. The van der Waals surface area contributed by atoms with Gasteiger partial charge in [0.2, 0.25) is 11.7 Å². The Labute approximate surface area is 250 Å². The number of nitrogens with two attached hydrogens (primary N) is 1. The Bertz CT molecular complexity index is 1280. The highest BCUT2D eigenvalue weighted by molar-refractivity contribution is 6.27. The second kappa shape index (κ2) is 13.8. The Balaban J connectivity index is 0.00000294. The van der Waals surface area contributed by atoms with Crippen molar-refractivity contribution >= 4 is 48.2 Å². The molecule has 11 nitrogen and oxygen atoms in total. The van der Waals surface area contributed by atoms with Crippen LogP contribution in [0.15, 0.2) is 40.9 Å². The molecule has 226 valence electrons. The van der Waals surface area contributed by atoms with Gasteiger partial charge in [0.15, 0.2) is 11.4 Å². The number of carbonyl (C=O) groups excluding carboxylic acids is 4. The van der Waals surface area contributed by atoms with Crippen LogP contribution in [0.25, 0.3) is 0 Å². The quantitative estimate of drug-likeness (QED) is 0.160. The van der Waals surface area contributed by atoms with Crippen LogP contribution < -0.4 is 16.4 Å². The number of Topliss-reactive ketones (excluding diaryl/α,β-unsaturated/α-hetero) is 2. The van der Waals surface area contributed by atoms with Crippen molar-refractivity contribution in [2.75, 3.05) is 13.1 Å². The minimum absolute atomic E-state index is 0. The molecule has 13 heteroatoms. The molecule has 8 N–H and O–H groups in total. The molecule has 0 aliphatic heterocycles. The van der Waals surface area contributed by atoms with E-state index in [1.807, 2.05) is 5.32 Å². The van der Waals surface area contributed by atoms with Gasteiger partial charge in [-0.1, -0.05) is 44.7 Å². The van der Waals surface area contributed by atoms with Gasteiger partial charge >= 0.3 is 0 Å². The number of rotatable bonds is 9. The van der Waals surface area contributed by atoms with Gasteiger partial charge in [-0.3, -0.25) is 24.5 Å². The topological polar surface area (TPSA) is 199 Å². The van der Waals surface area contributed by atoms with E-state index in [1.165, 1.54) is 6.07 Å². The minimum atomic E-state index is -2.78. The van der Waals surface area contributed by atoms with Gasteiger partial charge in [0.25, 0.3) is 5.91 Å². The zero-order chi connectivity index (χ0) is 28.5. The van der Waals surface area contributed by atoms with E-state index in [9.17, 15) is 39.6 Å². The molecule has 3 aliphatic carbocycles. The lowest BCUT2D eigenvalue weighted by Crippen LogP contribution is -2.63. The number of hydrogen-bond acceptors (Lipinski definition) is 10. The van der Waals surface area contributed by atoms with Crippen molar-refractivity contribution < 1.29 is 39.6 Å². The largest absolute Gasteiger partial charge is 0.510 e. The zero-order valence-electron chi connectivity index (χ0n) is 22.6. The molecular formula is C28H37Cl2N3O8. The van der Waals surface area contributed by atoms with Crippen LogP contribution in [0.5, 0.6) is 5.75 Å². The fraction of sp³-hybridized carbons (Fsp3) is 0.500. The number of amides is 2. The third kappa shape index (κ3) is 6.14. The standard InChI is InChI=1S/C28H35N3O8.2ClH/c1-2-3-4-5-6-10-30-13-18(33)31-27(38)21-24(35)22(29)16-12-15-11-14-8-7-9-17(32)19(14)23(34)20(15)25(36)28(16,39)26(21)37;;/h7-9,15-16,22,30,32,35-36,39H,2-6,10-13,29H2,1H3,(H,31,33,38);2*1H. The van der Waals surface area contributed by atoms with E-state index in [2.05, 4.69) is 12.2 Å². The molecule has 0 aromatic heterocycles. The lowest BCUT2D eigenvalue weighted by atomic mass is 9.59. The van der Waals surface area contributed by atoms with Crippen LogP contribution in [0.3, 0.4) is 0 Å². The van der Waals surface area contributed by atoms with Crippen LogP contribution in [0, 0.1) is 11.8 Å². The number of phenolic OH excluding ortho intramolecular Hbond substituents is 1. The fourth-order valence-corrected chi connectivity index (χ4v) is 5.92. The highest BCUT2D eigenvalue weighted by atomic mass is 35.5. The summed E-state index contributed by atoms with van der Waals surface area (Å²) in [5.41, 5.74) is 2.69. The molecule has 0 spiro atoms. The Morgan fingerprint density at radius 3 is 2.44 bits per heavy atom. The molecule has 4 unspecified atom stereocenters. The Hall–Kier alpha value is -2.96. The molecule has 0 saturated heterocycles. The molecule has 41 heavy (non-hydrogen) atoms. The van der Waals surface area contributed by atoms with Crippen molar-refractivity contribution in [3.05, 3.63) is 52.0 Å². The molecule has 0 bridgehead atoms. The number of ketones is 2. The van der Waals surface area contributed by atoms with E-state index in [1.54, 1.807) is 12.1 Å². The maximum absolute atomic E-state index is 13.5. The molecule has 3 aliphatic rings. The van der Waals surface area contributed by atoms with E-state index in [0.29, 0.717) is 12.1 Å². The SMILES string of the molecule is CCCCCCCNCC(=O)NC(=O)C1=C(O)C(N)C2CC3Cc4cccc(O)c4C(=O)C3=C(O)C2(O)C1=O.Cl.Cl. The van der Waals surface area contributed by atoms with Gasteiger partial charge in [0.1, 0.15) is 22.8 Å². The van der Waals surface area contributed by atoms with E-state index in [0.717, 1.165) is 32.1 Å². The molecule has 2 amide bonds. The maximum Gasteiger partial charge on any atom is 0.265 e. The first kappa shape index (κ1) is 34.2. The first-order valence-electron chi connectivity index (χ1n) is 13.3. The van der Waals surface area contributed by atoms with Crippen LogP contribution in [-0.2, 0) is 20.8 Å². The number of imide groups is 1. The smallest absolute Gasteiger partial charge is 0.265 e. The van der Waals surface area contributed by atoms with E-state index in [4.69, 9.17) is 5.73 Å². The Morgan fingerprint density at radius 1 is 1.07 bits per heavy atom. The molecule has 4 rings (SSSR count). The van der Waals surface area contributed by atoms with Gasteiger partial charge in [-0.2, -0.15) is 0 Å². The molecule has 1 aromatic carbocycles. The summed E-state index contributed by atoms with van der Waals surface area (Å²) in [5.74, 6) is -8.09. The van der Waals surface area contributed by atoms with Crippen molar-refractivity contribution in [1.29, 1.82) is 0 Å². The number of fused-ring (bicyclic) bond motifs is 3.